The Morgan fingerprint density at radius 3 is 2.77 bits per heavy atom. The fourth-order valence-electron chi connectivity index (χ4n) is 3.76. The summed E-state index contributed by atoms with van der Waals surface area (Å²) in [5.74, 6) is -0.522. The summed E-state index contributed by atoms with van der Waals surface area (Å²) < 4.78 is 15.8. The Bertz CT molecular complexity index is 1110. The highest BCUT2D eigenvalue weighted by molar-refractivity contribution is 5.94. The lowest BCUT2D eigenvalue weighted by Crippen LogP contribution is -2.48. The molecule has 0 aliphatic carbocycles. The number of hydrogen-bond acceptors (Lipinski definition) is 5. The van der Waals surface area contributed by atoms with Crippen LogP contribution in [0.5, 0.6) is 0 Å². The first kappa shape index (κ1) is 20.5. The molecule has 1 N–H and O–H groups in total. The molecule has 9 heteroatoms. The standard InChI is InChI=1S/C22H22FN5O3/c1-15-4-9-20(23)21(11-15)26-10-2-3-17(14-26)25-22(29)16-12-24-27(13-16)18-5-7-19(8-6-18)28(30)31/h4-9,11-13,17H,2-3,10,14H2,1H3,(H,25,29). The Labute approximate surface area is 178 Å². The lowest BCUT2D eigenvalue weighted by Gasteiger charge is -2.35. The number of nitrogens with one attached hydrogen (secondary N) is 1. The first-order valence-corrected chi connectivity index (χ1v) is 10.0. The summed E-state index contributed by atoms with van der Waals surface area (Å²) in [5, 5.41) is 18.0. The molecule has 4 rings (SSSR count). The lowest BCUT2D eigenvalue weighted by molar-refractivity contribution is -0.384. The number of aromatic nitrogens is 2. The fraction of sp³-hybridized carbons (Fsp3) is 0.273. The van der Waals surface area contributed by atoms with Gasteiger partial charge in [0.15, 0.2) is 0 Å². The number of rotatable bonds is 5. The van der Waals surface area contributed by atoms with Crippen molar-refractivity contribution >= 4 is 17.3 Å². The van der Waals surface area contributed by atoms with E-state index in [-0.39, 0.29) is 23.5 Å². The van der Waals surface area contributed by atoms with Crippen LogP contribution in [-0.4, -0.2) is 39.7 Å². The summed E-state index contributed by atoms with van der Waals surface area (Å²) in [4.78, 5) is 25.0. The van der Waals surface area contributed by atoms with Gasteiger partial charge in [0.1, 0.15) is 5.82 Å². The van der Waals surface area contributed by atoms with Gasteiger partial charge in [0.05, 0.1) is 28.1 Å². The molecule has 1 amide bonds. The predicted octanol–water partition coefficient (Wildman–Crippen LogP) is 3.63. The molecule has 0 radical (unpaired) electrons. The number of hydrogen-bond donors (Lipinski definition) is 1. The van der Waals surface area contributed by atoms with E-state index in [9.17, 15) is 19.3 Å². The van der Waals surface area contributed by atoms with E-state index in [1.165, 1.54) is 29.1 Å². The molecule has 3 aromatic rings. The minimum absolute atomic E-state index is 0.0132. The molecule has 0 saturated carbocycles. The Morgan fingerprint density at radius 1 is 1.26 bits per heavy atom. The van der Waals surface area contributed by atoms with E-state index in [2.05, 4.69) is 10.4 Å². The Morgan fingerprint density at radius 2 is 2.03 bits per heavy atom. The van der Waals surface area contributed by atoms with Crippen molar-refractivity contribution in [2.75, 3.05) is 18.0 Å². The molecule has 0 spiro atoms. The highest BCUT2D eigenvalue weighted by atomic mass is 19.1. The number of carbonyl (C=O) groups excluding carboxylic acids is 1. The molecule has 1 aliphatic rings. The second kappa shape index (κ2) is 8.55. The third kappa shape index (κ3) is 4.55. The first-order chi connectivity index (χ1) is 14.9. The second-order valence-electron chi connectivity index (χ2n) is 7.66. The maximum atomic E-state index is 14.3. The highest BCUT2D eigenvalue weighted by Crippen LogP contribution is 2.24. The molecule has 1 aromatic heterocycles. The SMILES string of the molecule is Cc1ccc(F)c(N2CCCC(NC(=O)c3cnn(-c4ccc([N+](=O)[O-])cc4)c3)C2)c1. The molecule has 160 valence electrons. The van der Waals surface area contributed by atoms with Gasteiger partial charge in [-0.05, 0) is 49.6 Å². The topological polar surface area (TPSA) is 93.3 Å². The minimum Gasteiger partial charge on any atom is -0.367 e. The average Bonchev–Trinajstić information content (AvgIpc) is 3.26. The first-order valence-electron chi connectivity index (χ1n) is 10.0. The number of non-ortho nitro benzene ring substituents is 1. The van der Waals surface area contributed by atoms with Gasteiger partial charge >= 0.3 is 0 Å². The van der Waals surface area contributed by atoms with Crippen molar-refractivity contribution in [1.29, 1.82) is 0 Å². The van der Waals surface area contributed by atoms with Gasteiger partial charge in [-0.1, -0.05) is 6.07 Å². The number of nitrogens with zero attached hydrogens (tertiary/aromatic N) is 4. The predicted molar refractivity (Wildman–Crippen MR) is 114 cm³/mol. The number of piperidine rings is 1. The fourth-order valence-corrected chi connectivity index (χ4v) is 3.76. The highest BCUT2D eigenvalue weighted by Gasteiger charge is 2.24. The van der Waals surface area contributed by atoms with Gasteiger partial charge < -0.3 is 10.2 Å². The Hall–Kier alpha value is -3.75. The smallest absolute Gasteiger partial charge is 0.269 e. The minimum atomic E-state index is -0.470. The quantitative estimate of drug-likeness (QED) is 0.500. The van der Waals surface area contributed by atoms with Crippen LogP contribution in [0.2, 0.25) is 0 Å². The van der Waals surface area contributed by atoms with Crippen molar-refractivity contribution in [2.24, 2.45) is 0 Å². The molecule has 1 atom stereocenters. The van der Waals surface area contributed by atoms with E-state index in [1.54, 1.807) is 24.4 Å². The average molecular weight is 423 g/mol. The van der Waals surface area contributed by atoms with Gasteiger partial charge in [-0.15, -0.1) is 0 Å². The number of halogens is 1. The van der Waals surface area contributed by atoms with Gasteiger partial charge in [0.25, 0.3) is 11.6 Å². The Balaban J connectivity index is 1.42. The number of amides is 1. The van der Waals surface area contributed by atoms with Crippen LogP contribution in [-0.2, 0) is 0 Å². The van der Waals surface area contributed by atoms with Crippen molar-refractivity contribution in [3.63, 3.8) is 0 Å². The molecule has 2 aromatic carbocycles. The largest absolute Gasteiger partial charge is 0.367 e. The van der Waals surface area contributed by atoms with Crippen LogP contribution >= 0.6 is 0 Å². The summed E-state index contributed by atoms with van der Waals surface area (Å²) in [5.41, 5.74) is 2.53. The van der Waals surface area contributed by atoms with Gasteiger partial charge in [-0.3, -0.25) is 14.9 Å². The van der Waals surface area contributed by atoms with Crippen molar-refractivity contribution in [1.82, 2.24) is 15.1 Å². The van der Waals surface area contributed by atoms with Crippen LogP contribution < -0.4 is 10.2 Å². The van der Waals surface area contributed by atoms with Gasteiger partial charge in [-0.2, -0.15) is 5.10 Å². The molecule has 8 nitrogen and oxygen atoms in total. The third-order valence-electron chi connectivity index (χ3n) is 5.37. The van der Waals surface area contributed by atoms with Gasteiger partial charge in [-0.25, -0.2) is 9.07 Å². The third-order valence-corrected chi connectivity index (χ3v) is 5.37. The number of nitro benzene ring substituents is 1. The van der Waals surface area contributed by atoms with E-state index in [1.807, 2.05) is 17.9 Å². The molecule has 1 aliphatic heterocycles. The van der Waals surface area contributed by atoms with Crippen LogP contribution in [0.3, 0.4) is 0 Å². The number of benzene rings is 2. The monoisotopic (exact) mass is 423 g/mol. The summed E-state index contributed by atoms with van der Waals surface area (Å²) in [6.07, 6.45) is 4.70. The van der Waals surface area contributed by atoms with Crippen LogP contribution in [0.4, 0.5) is 15.8 Å². The van der Waals surface area contributed by atoms with Crippen LogP contribution in [0.1, 0.15) is 28.8 Å². The van der Waals surface area contributed by atoms with Crippen LogP contribution in [0, 0.1) is 22.9 Å². The maximum absolute atomic E-state index is 14.3. The number of aryl methyl sites for hydroxylation is 1. The summed E-state index contributed by atoms with van der Waals surface area (Å²) in [6.45, 7) is 3.20. The lowest BCUT2D eigenvalue weighted by atomic mass is 10.0. The molecule has 0 bridgehead atoms. The van der Waals surface area contributed by atoms with Gasteiger partial charge in [0.2, 0.25) is 0 Å². The zero-order valence-corrected chi connectivity index (χ0v) is 17.0. The van der Waals surface area contributed by atoms with Crippen LogP contribution in [0.15, 0.2) is 54.9 Å². The zero-order valence-electron chi connectivity index (χ0n) is 17.0. The van der Waals surface area contributed by atoms with E-state index in [0.29, 0.717) is 23.5 Å². The molecular weight excluding hydrogens is 401 g/mol. The molecule has 2 heterocycles. The molecule has 1 unspecified atom stereocenters. The number of nitro groups is 1. The van der Waals surface area contributed by atoms with Crippen molar-refractivity contribution in [3.8, 4) is 5.69 Å². The molecule has 1 saturated heterocycles. The number of carbonyl (C=O) groups is 1. The van der Waals surface area contributed by atoms with Crippen molar-refractivity contribution in [3.05, 3.63) is 81.9 Å². The van der Waals surface area contributed by atoms with E-state index in [4.69, 9.17) is 0 Å². The van der Waals surface area contributed by atoms with Crippen LogP contribution in [0.25, 0.3) is 5.69 Å². The van der Waals surface area contributed by atoms with Crippen molar-refractivity contribution < 1.29 is 14.1 Å². The Kier molecular flexibility index (Phi) is 5.66. The molecule has 1 fully saturated rings. The van der Waals surface area contributed by atoms with E-state index in [0.717, 1.165) is 24.9 Å². The number of anilines is 1. The second-order valence-corrected chi connectivity index (χ2v) is 7.66. The van der Waals surface area contributed by atoms with Crippen molar-refractivity contribution in [2.45, 2.75) is 25.8 Å². The summed E-state index contributed by atoms with van der Waals surface area (Å²) in [6, 6.07) is 10.8. The van der Waals surface area contributed by atoms with Gasteiger partial charge in [0, 0.05) is 37.5 Å². The maximum Gasteiger partial charge on any atom is 0.269 e. The van der Waals surface area contributed by atoms with E-state index >= 15 is 0 Å². The molecule has 31 heavy (non-hydrogen) atoms. The van der Waals surface area contributed by atoms with E-state index < -0.39 is 4.92 Å². The normalized spacial score (nSPS) is 16.2. The summed E-state index contributed by atoms with van der Waals surface area (Å²) in [7, 11) is 0. The summed E-state index contributed by atoms with van der Waals surface area (Å²) >= 11 is 0. The zero-order chi connectivity index (χ0) is 22.0. The molecular formula is C22H22FN5O3.